The van der Waals surface area contributed by atoms with E-state index in [1.165, 1.54) is 0 Å². The Hall–Kier alpha value is -1.84. The molecule has 27 heavy (non-hydrogen) atoms. The molecule has 1 aliphatic carbocycles. The Morgan fingerprint density at radius 3 is 2.33 bits per heavy atom. The highest BCUT2D eigenvalue weighted by atomic mass is 16.5. The van der Waals surface area contributed by atoms with E-state index < -0.39 is 5.92 Å². The lowest BCUT2D eigenvalue weighted by atomic mass is 9.79. The van der Waals surface area contributed by atoms with Gasteiger partial charge in [0, 0.05) is 0 Å². The van der Waals surface area contributed by atoms with Crippen LogP contribution in [0.5, 0.6) is 5.75 Å². The Bertz CT molecular complexity index is 608. The van der Waals surface area contributed by atoms with Gasteiger partial charge in [0.05, 0.1) is 18.4 Å². The van der Waals surface area contributed by atoms with Crippen LogP contribution in [-0.2, 0) is 14.3 Å². The average Bonchev–Trinajstić information content (AvgIpc) is 2.68. The third-order valence-corrected chi connectivity index (χ3v) is 5.37. The molecule has 4 heteroatoms. The van der Waals surface area contributed by atoms with Gasteiger partial charge in [-0.2, -0.15) is 0 Å². The Labute approximate surface area is 163 Å². The van der Waals surface area contributed by atoms with E-state index in [2.05, 4.69) is 20.8 Å². The summed E-state index contributed by atoms with van der Waals surface area (Å²) in [6.07, 6.45) is 7.59. The van der Waals surface area contributed by atoms with Gasteiger partial charge < -0.3 is 9.47 Å². The van der Waals surface area contributed by atoms with Gasteiger partial charge in [-0.05, 0) is 36.8 Å². The molecule has 0 bridgehead atoms. The second-order valence-electron chi connectivity index (χ2n) is 7.84. The lowest BCUT2D eigenvalue weighted by Gasteiger charge is -2.28. The van der Waals surface area contributed by atoms with Crippen molar-refractivity contribution < 1.29 is 19.1 Å². The van der Waals surface area contributed by atoms with Crippen LogP contribution in [0.4, 0.5) is 0 Å². The molecule has 0 aliphatic heterocycles. The zero-order valence-electron chi connectivity index (χ0n) is 17.0. The molecule has 0 radical (unpaired) electrons. The average molecular weight is 375 g/mol. The Balaban J connectivity index is 1.97. The Morgan fingerprint density at radius 1 is 1.00 bits per heavy atom. The summed E-state index contributed by atoms with van der Waals surface area (Å²) in [6, 6.07) is 7.64. The summed E-state index contributed by atoms with van der Waals surface area (Å²) in [6.45, 7) is 6.76. The van der Waals surface area contributed by atoms with Gasteiger partial charge in [-0.25, -0.2) is 0 Å². The van der Waals surface area contributed by atoms with Gasteiger partial charge in [-0.1, -0.05) is 71.1 Å². The van der Waals surface area contributed by atoms with Crippen LogP contribution in [0.1, 0.15) is 83.6 Å². The maximum atomic E-state index is 12.8. The van der Waals surface area contributed by atoms with Crippen LogP contribution in [0, 0.1) is 11.8 Å². The second-order valence-corrected chi connectivity index (χ2v) is 7.84. The molecule has 0 heterocycles. The maximum absolute atomic E-state index is 12.8. The molecule has 2 atom stereocenters. The second kappa shape index (κ2) is 11.1. The first kappa shape index (κ1) is 21.5. The van der Waals surface area contributed by atoms with Crippen molar-refractivity contribution in [3.05, 3.63) is 29.8 Å². The van der Waals surface area contributed by atoms with E-state index in [0.29, 0.717) is 25.2 Å². The summed E-state index contributed by atoms with van der Waals surface area (Å²) in [7, 11) is 0. The van der Waals surface area contributed by atoms with Gasteiger partial charge in [-0.15, -0.1) is 0 Å². The molecule has 0 aromatic heterocycles. The number of carbonyl (C=O) groups is 2. The van der Waals surface area contributed by atoms with Gasteiger partial charge in [0.1, 0.15) is 5.75 Å². The van der Waals surface area contributed by atoms with E-state index in [9.17, 15) is 9.59 Å². The van der Waals surface area contributed by atoms with Crippen LogP contribution in [0.3, 0.4) is 0 Å². The number of esters is 2. The minimum atomic E-state index is -0.401. The molecule has 0 amide bonds. The third-order valence-electron chi connectivity index (χ3n) is 5.37. The SMILES string of the molecule is CCCCCCOC(=O)C1CCCCC1C(=O)Oc1ccccc1C(C)C. The first-order valence-electron chi connectivity index (χ1n) is 10.5. The molecule has 0 saturated heterocycles. The number of para-hydroxylation sites is 1. The lowest BCUT2D eigenvalue weighted by Crippen LogP contribution is -2.36. The molecule has 1 fully saturated rings. The van der Waals surface area contributed by atoms with E-state index >= 15 is 0 Å². The van der Waals surface area contributed by atoms with Crippen LogP contribution in [0.2, 0.25) is 0 Å². The Kier molecular flexibility index (Phi) is 8.83. The molecular weight excluding hydrogens is 340 g/mol. The molecule has 0 spiro atoms. The lowest BCUT2D eigenvalue weighted by molar-refractivity contribution is -0.158. The monoisotopic (exact) mass is 374 g/mol. The number of rotatable bonds is 9. The van der Waals surface area contributed by atoms with Gasteiger partial charge in [-0.3, -0.25) is 9.59 Å². The molecule has 0 N–H and O–H groups in total. The summed E-state index contributed by atoms with van der Waals surface area (Å²) in [5, 5.41) is 0. The zero-order chi connectivity index (χ0) is 19.6. The smallest absolute Gasteiger partial charge is 0.315 e. The minimum Gasteiger partial charge on any atom is -0.465 e. The van der Waals surface area contributed by atoms with Crippen molar-refractivity contribution in [1.82, 2.24) is 0 Å². The number of carbonyl (C=O) groups excluding carboxylic acids is 2. The largest absolute Gasteiger partial charge is 0.465 e. The van der Waals surface area contributed by atoms with Crippen molar-refractivity contribution in [3.8, 4) is 5.75 Å². The molecule has 4 nitrogen and oxygen atoms in total. The number of unbranched alkanes of at least 4 members (excludes halogenated alkanes) is 3. The van der Waals surface area contributed by atoms with Crippen LogP contribution in [0.25, 0.3) is 0 Å². The van der Waals surface area contributed by atoms with E-state index in [-0.39, 0.29) is 23.8 Å². The number of hydrogen-bond donors (Lipinski definition) is 0. The summed E-state index contributed by atoms with van der Waals surface area (Å²) in [4.78, 5) is 25.4. The predicted octanol–water partition coefficient (Wildman–Crippen LogP) is 5.65. The minimum absolute atomic E-state index is 0.231. The van der Waals surface area contributed by atoms with Crippen LogP contribution in [0.15, 0.2) is 24.3 Å². The molecule has 1 saturated carbocycles. The normalized spacial score (nSPS) is 19.7. The highest BCUT2D eigenvalue weighted by Gasteiger charge is 2.38. The van der Waals surface area contributed by atoms with Crippen molar-refractivity contribution >= 4 is 11.9 Å². The molecule has 2 unspecified atom stereocenters. The number of ether oxygens (including phenoxy) is 2. The fraction of sp³-hybridized carbons (Fsp3) is 0.652. The van der Waals surface area contributed by atoms with Crippen molar-refractivity contribution in [2.75, 3.05) is 6.61 Å². The first-order valence-corrected chi connectivity index (χ1v) is 10.5. The summed E-state index contributed by atoms with van der Waals surface area (Å²) in [5.41, 5.74) is 1.01. The number of benzene rings is 1. The van der Waals surface area contributed by atoms with Crippen LogP contribution in [-0.4, -0.2) is 18.5 Å². The highest BCUT2D eigenvalue weighted by Crippen LogP contribution is 2.34. The van der Waals surface area contributed by atoms with E-state index in [1.807, 2.05) is 24.3 Å². The highest BCUT2D eigenvalue weighted by molar-refractivity contribution is 5.83. The quantitative estimate of drug-likeness (QED) is 0.319. The first-order chi connectivity index (χ1) is 13.0. The van der Waals surface area contributed by atoms with Gasteiger partial charge in [0.2, 0.25) is 0 Å². The molecule has 1 aliphatic rings. The summed E-state index contributed by atoms with van der Waals surface area (Å²) in [5.74, 6) is -0.425. The third kappa shape index (κ3) is 6.37. The maximum Gasteiger partial charge on any atom is 0.315 e. The van der Waals surface area contributed by atoms with Crippen LogP contribution >= 0.6 is 0 Å². The van der Waals surface area contributed by atoms with Crippen molar-refractivity contribution in [1.29, 1.82) is 0 Å². The fourth-order valence-electron chi connectivity index (χ4n) is 3.74. The van der Waals surface area contributed by atoms with Gasteiger partial charge in [0.25, 0.3) is 0 Å². The van der Waals surface area contributed by atoms with Gasteiger partial charge in [0.15, 0.2) is 0 Å². The molecule has 150 valence electrons. The van der Waals surface area contributed by atoms with E-state index in [1.54, 1.807) is 0 Å². The Morgan fingerprint density at radius 2 is 1.67 bits per heavy atom. The molecule has 2 rings (SSSR count). The predicted molar refractivity (Wildman–Crippen MR) is 107 cm³/mol. The van der Waals surface area contributed by atoms with Crippen molar-refractivity contribution in [3.63, 3.8) is 0 Å². The fourth-order valence-corrected chi connectivity index (χ4v) is 3.74. The van der Waals surface area contributed by atoms with Crippen LogP contribution < -0.4 is 4.74 Å². The number of hydrogen-bond acceptors (Lipinski definition) is 4. The van der Waals surface area contributed by atoms with Gasteiger partial charge >= 0.3 is 11.9 Å². The van der Waals surface area contributed by atoms with Crippen molar-refractivity contribution in [2.24, 2.45) is 11.8 Å². The molecule has 1 aromatic carbocycles. The molecule has 1 aromatic rings. The zero-order valence-corrected chi connectivity index (χ0v) is 17.0. The van der Waals surface area contributed by atoms with Crippen molar-refractivity contribution in [2.45, 2.75) is 78.1 Å². The van der Waals surface area contributed by atoms with E-state index in [4.69, 9.17) is 9.47 Å². The topological polar surface area (TPSA) is 52.6 Å². The summed E-state index contributed by atoms with van der Waals surface area (Å²) < 4.78 is 11.2. The molecular formula is C23H34O4. The summed E-state index contributed by atoms with van der Waals surface area (Å²) >= 11 is 0. The van der Waals surface area contributed by atoms with E-state index in [0.717, 1.165) is 44.1 Å². The standard InChI is InChI=1S/C23H34O4/c1-4-5-6-11-16-26-22(24)19-13-7-8-14-20(19)23(25)27-21-15-10-9-12-18(21)17(2)3/h9-10,12,15,17,19-20H,4-8,11,13-14,16H2,1-3H3.